The zero-order chi connectivity index (χ0) is 26.2. The van der Waals surface area contributed by atoms with E-state index in [2.05, 4.69) is 50.1 Å². The highest BCUT2D eigenvalue weighted by Gasteiger charge is 2.43. The minimum absolute atomic E-state index is 0.0677. The molecular formula is C30H36N6O2. The fourth-order valence-electron chi connectivity index (χ4n) is 5.37. The van der Waals surface area contributed by atoms with Crippen molar-refractivity contribution in [3.8, 4) is 0 Å². The predicted molar refractivity (Wildman–Crippen MR) is 147 cm³/mol. The Labute approximate surface area is 224 Å². The van der Waals surface area contributed by atoms with E-state index in [4.69, 9.17) is 0 Å². The Hall–Kier alpha value is -3.78. The Morgan fingerprint density at radius 2 is 1.71 bits per heavy atom. The molecule has 0 aliphatic carbocycles. The van der Waals surface area contributed by atoms with Gasteiger partial charge in [-0.15, -0.1) is 5.10 Å². The molecule has 2 aliphatic rings. The molecule has 2 N–H and O–H groups in total. The number of amides is 2. The SMILES string of the molecule is O=C1NCCCn2cc(nn2)CC2(CCN(C/C=C/c3ccccc3)CC2)C(=O)N[C@H]1Cc1ccccc1. The molecule has 198 valence electrons. The Balaban J connectivity index is 1.32. The maximum atomic E-state index is 14.0. The van der Waals surface area contributed by atoms with Crippen LogP contribution in [0.4, 0.5) is 0 Å². The van der Waals surface area contributed by atoms with Crippen molar-refractivity contribution in [2.45, 2.75) is 44.7 Å². The summed E-state index contributed by atoms with van der Waals surface area (Å²) in [6, 6.07) is 19.5. The van der Waals surface area contributed by atoms with Gasteiger partial charge in [0, 0.05) is 38.7 Å². The molecule has 3 aromatic rings. The van der Waals surface area contributed by atoms with E-state index >= 15 is 0 Å². The molecule has 2 aliphatic heterocycles. The van der Waals surface area contributed by atoms with Gasteiger partial charge < -0.3 is 10.6 Å². The second-order valence-corrected chi connectivity index (χ2v) is 10.4. The van der Waals surface area contributed by atoms with Crippen molar-refractivity contribution in [2.24, 2.45) is 5.41 Å². The Kier molecular flexibility index (Phi) is 8.28. The van der Waals surface area contributed by atoms with Crippen LogP contribution < -0.4 is 10.6 Å². The molecule has 1 spiro atoms. The highest BCUT2D eigenvalue weighted by atomic mass is 16.2. The van der Waals surface area contributed by atoms with Gasteiger partial charge in [-0.3, -0.25) is 19.2 Å². The lowest BCUT2D eigenvalue weighted by Crippen LogP contribution is -2.56. The summed E-state index contributed by atoms with van der Waals surface area (Å²) in [7, 11) is 0. The van der Waals surface area contributed by atoms with Crippen molar-refractivity contribution in [3.05, 3.63) is 89.8 Å². The number of carbonyl (C=O) groups is 2. The van der Waals surface area contributed by atoms with E-state index in [-0.39, 0.29) is 11.8 Å². The number of rotatable bonds is 5. The molecule has 5 rings (SSSR count). The zero-order valence-electron chi connectivity index (χ0n) is 21.8. The van der Waals surface area contributed by atoms with Crippen LogP contribution in [-0.4, -0.2) is 63.9 Å². The second-order valence-electron chi connectivity index (χ2n) is 10.4. The Morgan fingerprint density at radius 3 is 2.47 bits per heavy atom. The first kappa shape index (κ1) is 25.9. The van der Waals surface area contributed by atoms with Crippen molar-refractivity contribution in [1.29, 1.82) is 0 Å². The molecule has 8 nitrogen and oxygen atoms in total. The summed E-state index contributed by atoms with van der Waals surface area (Å²) in [5.41, 5.74) is 2.40. The van der Waals surface area contributed by atoms with Crippen molar-refractivity contribution in [2.75, 3.05) is 26.2 Å². The number of aryl methyl sites for hydroxylation is 1. The summed E-state index contributed by atoms with van der Waals surface area (Å²) >= 11 is 0. The number of benzene rings is 2. The third kappa shape index (κ3) is 6.55. The number of nitrogens with one attached hydrogen (secondary N) is 2. The summed E-state index contributed by atoms with van der Waals surface area (Å²) in [5, 5.41) is 14.8. The third-order valence-electron chi connectivity index (χ3n) is 7.64. The zero-order valence-corrected chi connectivity index (χ0v) is 21.8. The van der Waals surface area contributed by atoms with Crippen LogP contribution in [0.15, 0.2) is 72.9 Å². The smallest absolute Gasteiger partial charge is 0.242 e. The molecule has 2 aromatic carbocycles. The molecule has 0 saturated carbocycles. The lowest BCUT2D eigenvalue weighted by Gasteiger charge is -2.40. The number of piperidine rings is 1. The maximum Gasteiger partial charge on any atom is 0.242 e. The second kappa shape index (κ2) is 12.2. The molecule has 8 heteroatoms. The van der Waals surface area contributed by atoms with E-state index in [1.54, 1.807) is 0 Å². The minimum atomic E-state index is -0.635. The highest BCUT2D eigenvalue weighted by molar-refractivity contribution is 5.90. The van der Waals surface area contributed by atoms with Gasteiger partial charge in [-0.2, -0.15) is 0 Å². The lowest BCUT2D eigenvalue weighted by molar-refractivity contribution is -0.137. The first-order valence-electron chi connectivity index (χ1n) is 13.6. The van der Waals surface area contributed by atoms with Crippen molar-refractivity contribution in [3.63, 3.8) is 0 Å². The molecule has 0 unspecified atom stereocenters. The van der Waals surface area contributed by atoms with Gasteiger partial charge >= 0.3 is 0 Å². The molecular weight excluding hydrogens is 476 g/mol. The van der Waals surface area contributed by atoms with Crippen LogP contribution in [0.3, 0.4) is 0 Å². The summed E-state index contributed by atoms with van der Waals surface area (Å²) in [6.07, 6.45) is 9.40. The van der Waals surface area contributed by atoms with E-state index in [1.807, 2.05) is 59.4 Å². The molecule has 2 bridgehead atoms. The monoisotopic (exact) mass is 512 g/mol. The van der Waals surface area contributed by atoms with Crippen LogP contribution in [0.2, 0.25) is 0 Å². The molecule has 1 saturated heterocycles. The Bertz CT molecular complexity index is 1230. The van der Waals surface area contributed by atoms with Gasteiger partial charge in [-0.05, 0) is 43.5 Å². The van der Waals surface area contributed by atoms with Crippen LogP contribution in [0, 0.1) is 5.41 Å². The molecule has 0 radical (unpaired) electrons. The summed E-state index contributed by atoms with van der Waals surface area (Å²) in [5.74, 6) is -0.208. The first-order valence-corrected chi connectivity index (χ1v) is 13.6. The third-order valence-corrected chi connectivity index (χ3v) is 7.64. The number of hydrogen-bond acceptors (Lipinski definition) is 5. The molecule has 2 amide bonds. The Morgan fingerprint density at radius 1 is 0.974 bits per heavy atom. The van der Waals surface area contributed by atoms with E-state index in [9.17, 15) is 9.59 Å². The molecule has 1 fully saturated rings. The fourth-order valence-corrected chi connectivity index (χ4v) is 5.37. The molecule has 38 heavy (non-hydrogen) atoms. The average molecular weight is 513 g/mol. The lowest BCUT2D eigenvalue weighted by atomic mass is 9.73. The standard InChI is InChI=1S/C30H36N6O2/c37-28-27(21-25-11-5-2-6-12-25)32-29(38)30(22-26-23-36(34-33-26)18-8-16-31-28)14-19-35(20-15-30)17-7-13-24-9-3-1-4-10-24/h1-7,9-13,23,27H,8,14-22H2,(H,31,37)(H,32,38)/b13-7+/t27-/m0/s1. The van der Waals surface area contributed by atoms with Gasteiger partial charge in [0.25, 0.3) is 0 Å². The number of aromatic nitrogens is 3. The van der Waals surface area contributed by atoms with E-state index in [0.29, 0.717) is 38.8 Å². The van der Waals surface area contributed by atoms with E-state index in [1.165, 1.54) is 5.56 Å². The number of nitrogens with zero attached hydrogens (tertiary/aromatic N) is 4. The van der Waals surface area contributed by atoms with Gasteiger partial charge in [0.15, 0.2) is 0 Å². The van der Waals surface area contributed by atoms with Crippen LogP contribution >= 0.6 is 0 Å². The average Bonchev–Trinajstić information content (AvgIpc) is 3.39. The predicted octanol–water partition coefficient (Wildman–Crippen LogP) is 2.86. The van der Waals surface area contributed by atoms with Gasteiger partial charge in [0.2, 0.25) is 11.8 Å². The van der Waals surface area contributed by atoms with Gasteiger partial charge in [0.1, 0.15) is 6.04 Å². The highest BCUT2D eigenvalue weighted by Crippen LogP contribution is 2.35. The normalized spacial score (nSPS) is 20.8. The number of fused-ring (bicyclic) bond motifs is 2. The maximum absolute atomic E-state index is 14.0. The molecule has 1 atom stereocenters. The number of likely N-dealkylation sites (tertiary alicyclic amines) is 1. The van der Waals surface area contributed by atoms with Crippen LogP contribution in [0.1, 0.15) is 36.1 Å². The topological polar surface area (TPSA) is 92.2 Å². The quantitative estimate of drug-likeness (QED) is 0.549. The first-order chi connectivity index (χ1) is 18.6. The largest absolute Gasteiger partial charge is 0.354 e. The number of hydrogen-bond donors (Lipinski definition) is 2. The van der Waals surface area contributed by atoms with Crippen molar-refractivity contribution in [1.82, 2.24) is 30.5 Å². The molecule has 3 heterocycles. The van der Waals surface area contributed by atoms with Crippen molar-refractivity contribution < 1.29 is 9.59 Å². The van der Waals surface area contributed by atoms with Gasteiger partial charge in [-0.25, -0.2) is 0 Å². The summed E-state index contributed by atoms with van der Waals surface area (Å²) in [6.45, 7) is 3.63. The van der Waals surface area contributed by atoms with Gasteiger partial charge in [0.05, 0.1) is 11.1 Å². The minimum Gasteiger partial charge on any atom is -0.354 e. The van der Waals surface area contributed by atoms with Crippen LogP contribution in [0.25, 0.3) is 6.08 Å². The van der Waals surface area contributed by atoms with Crippen LogP contribution in [0.5, 0.6) is 0 Å². The van der Waals surface area contributed by atoms with Gasteiger partial charge in [-0.1, -0.05) is 78.0 Å². The van der Waals surface area contributed by atoms with Crippen LogP contribution in [-0.2, 0) is 29.0 Å². The summed E-state index contributed by atoms with van der Waals surface area (Å²) in [4.78, 5) is 29.5. The molecule has 1 aromatic heterocycles. The summed E-state index contributed by atoms with van der Waals surface area (Å²) < 4.78 is 1.82. The van der Waals surface area contributed by atoms with E-state index in [0.717, 1.165) is 37.3 Å². The fraction of sp³-hybridized carbons (Fsp3) is 0.400. The number of carbonyl (C=O) groups excluding carboxylic acids is 2. The van der Waals surface area contributed by atoms with Crippen molar-refractivity contribution >= 4 is 17.9 Å². The van der Waals surface area contributed by atoms with E-state index < -0.39 is 11.5 Å².